The van der Waals surface area contributed by atoms with Crippen molar-refractivity contribution in [3.05, 3.63) is 29.8 Å². The van der Waals surface area contributed by atoms with E-state index in [9.17, 15) is 18.0 Å². The highest BCUT2D eigenvalue weighted by molar-refractivity contribution is 5.98. The van der Waals surface area contributed by atoms with E-state index in [0.29, 0.717) is 6.54 Å². The number of aliphatic hydroxyl groups excluding tert-OH is 1. The van der Waals surface area contributed by atoms with Gasteiger partial charge in [-0.25, -0.2) is 0 Å². The van der Waals surface area contributed by atoms with Crippen molar-refractivity contribution in [1.29, 1.82) is 0 Å². The van der Waals surface area contributed by atoms with Crippen LogP contribution in [0.3, 0.4) is 0 Å². The fraction of sp³-hybridized carbons (Fsp3) is 0.533. The summed E-state index contributed by atoms with van der Waals surface area (Å²) in [5.41, 5.74) is 1.87. The number of hydrogen-bond donors (Lipinski definition) is 1. The maximum atomic E-state index is 12.5. The summed E-state index contributed by atoms with van der Waals surface area (Å²) in [4.78, 5) is 15.3. The predicted molar refractivity (Wildman–Crippen MR) is 76.7 cm³/mol. The largest absolute Gasteiger partial charge is 0.415 e. The Labute approximate surface area is 127 Å². The van der Waals surface area contributed by atoms with E-state index >= 15 is 0 Å². The minimum absolute atomic E-state index is 0.262. The molecule has 1 aromatic rings. The summed E-state index contributed by atoms with van der Waals surface area (Å²) in [6.45, 7) is 1.44. The first-order valence-electron chi connectivity index (χ1n) is 7.06. The second kappa shape index (κ2) is 6.26. The standard InChI is InChI=1S/C15H19F3N2O2/c1-10(19(2)9-13(21)15(16,17)18)14(22)20-8-7-11-5-3-4-6-12(11)20/h3-6,10,13,21H,7-9H2,1-2H3. The number of fused-ring (bicyclic) bond motifs is 1. The number of carbonyl (C=O) groups excluding carboxylic acids is 1. The highest BCUT2D eigenvalue weighted by atomic mass is 19.4. The third-order valence-electron chi connectivity index (χ3n) is 4.01. The number of alkyl halides is 3. The van der Waals surface area contributed by atoms with Crippen molar-refractivity contribution in [2.75, 3.05) is 25.0 Å². The van der Waals surface area contributed by atoms with Gasteiger partial charge in [-0.05, 0) is 32.0 Å². The van der Waals surface area contributed by atoms with E-state index in [1.807, 2.05) is 24.3 Å². The molecule has 2 rings (SSSR count). The Morgan fingerprint density at radius 1 is 1.41 bits per heavy atom. The Hall–Kier alpha value is -1.60. The van der Waals surface area contributed by atoms with E-state index < -0.39 is 24.9 Å². The van der Waals surface area contributed by atoms with E-state index in [0.717, 1.165) is 17.7 Å². The molecule has 0 saturated carbocycles. The van der Waals surface area contributed by atoms with Gasteiger partial charge in [-0.2, -0.15) is 13.2 Å². The Bertz CT molecular complexity index is 548. The molecule has 1 N–H and O–H groups in total. The lowest BCUT2D eigenvalue weighted by Gasteiger charge is -2.30. The first-order chi connectivity index (χ1) is 10.2. The van der Waals surface area contributed by atoms with E-state index in [4.69, 9.17) is 5.11 Å². The summed E-state index contributed by atoms with van der Waals surface area (Å²) in [6, 6.07) is 6.74. The Kier molecular flexibility index (Phi) is 4.77. The molecule has 0 radical (unpaired) electrons. The van der Waals surface area contributed by atoms with E-state index in [1.54, 1.807) is 11.8 Å². The highest BCUT2D eigenvalue weighted by Crippen LogP contribution is 2.28. The fourth-order valence-corrected chi connectivity index (χ4v) is 2.52. The number of rotatable bonds is 4. The fourth-order valence-electron chi connectivity index (χ4n) is 2.52. The number of aliphatic hydroxyl groups is 1. The molecule has 0 saturated heterocycles. The van der Waals surface area contributed by atoms with Gasteiger partial charge in [0, 0.05) is 18.8 Å². The third-order valence-corrected chi connectivity index (χ3v) is 4.01. The van der Waals surface area contributed by atoms with Crippen molar-refractivity contribution in [2.45, 2.75) is 31.7 Å². The molecule has 1 aliphatic heterocycles. The number of carbonyl (C=O) groups is 1. The lowest BCUT2D eigenvalue weighted by atomic mass is 10.1. The van der Waals surface area contributed by atoms with Gasteiger partial charge in [0.1, 0.15) is 0 Å². The molecule has 4 nitrogen and oxygen atoms in total. The van der Waals surface area contributed by atoms with Crippen LogP contribution < -0.4 is 4.90 Å². The minimum Gasteiger partial charge on any atom is -0.382 e. The molecule has 1 amide bonds. The molecule has 0 aromatic heterocycles. The molecule has 7 heteroatoms. The lowest BCUT2D eigenvalue weighted by Crippen LogP contribution is -2.49. The first kappa shape index (κ1) is 16.8. The SMILES string of the molecule is CC(C(=O)N1CCc2ccccc21)N(C)CC(O)C(F)(F)F. The maximum Gasteiger partial charge on any atom is 0.415 e. The van der Waals surface area contributed by atoms with Crippen molar-refractivity contribution >= 4 is 11.6 Å². The zero-order valence-electron chi connectivity index (χ0n) is 12.5. The molecule has 1 aromatic carbocycles. The van der Waals surface area contributed by atoms with Crippen LogP contribution in [0.2, 0.25) is 0 Å². The van der Waals surface area contributed by atoms with E-state index in [-0.39, 0.29) is 5.91 Å². The number of nitrogens with zero attached hydrogens (tertiary/aromatic N) is 2. The van der Waals surface area contributed by atoms with Gasteiger partial charge in [-0.15, -0.1) is 0 Å². The van der Waals surface area contributed by atoms with Crippen LogP contribution in [0, 0.1) is 0 Å². The normalized spacial score (nSPS) is 17.5. The van der Waals surface area contributed by atoms with E-state index in [1.165, 1.54) is 11.9 Å². The summed E-state index contributed by atoms with van der Waals surface area (Å²) in [6.07, 6.45) is -6.40. The number of amides is 1. The molecule has 0 bridgehead atoms. The minimum atomic E-state index is -4.68. The van der Waals surface area contributed by atoms with Crippen LogP contribution in [0.15, 0.2) is 24.3 Å². The average molecular weight is 316 g/mol. The van der Waals surface area contributed by atoms with E-state index in [2.05, 4.69) is 0 Å². The summed E-state index contributed by atoms with van der Waals surface area (Å²) in [5.74, 6) is -0.262. The molecule has 0 aliphatic carbocycles. The molecule has 1 aliphatic rings. The number of para-hydroxylation sites is 1. The number of halogens is 3. The lowest BCUT2D eigenvalue weighted by molar-refractivity contribution is -0.208. The summed E-state index contributed by atoms with van der Waals surface area (Å²) in [5, 5.41) is 9.12. The summed E-state index contributed by atoms with van der Waals surface area (Å²) in [7, 11) is 1.40. The average Bonchev–Trinajstić information content (AvgIpc) is 2.88. The Morgan fingerprint density at radius 3 is 2.68 bits per heavy atom. The van der Waals surface area contributed by atoms with Gasteiger partial charge in [0.2, 0.25) is 5.91 Å². The molecule has 122 valence electrons. The van der Waals surface area contributed by atoms with Crippen LogP contribution in [0.5, 0.6) is 0 Å². The molecule has 2 unspecified atom stereocenters. The van der Waals surface area contributed by atoms with Crippen LogP contribution in [0.25, 0.3) is 0 Å². The Morgan fingerprint density at radius 2 is 2.05 bits per heavy atom. The van der Waals surface area contributed by atoms with Crippen molar-refractivity contribution in [3.63, 3.8) is 0 Å². The first-order valence-corrected chi connectivity index (χ1v) is 7.06. The molecule has 1 heterocycles. The summed E-state index contributed by atoms with van der Waals surface area (Å²) < 4.78 is 37.2. The van der Waals surface area contributed by atoms with Gasteiger partial charge < -0.3 is 10.0 Å². The monoisotopic (exact) mass is 316 g/mol. The Balaban J connectivity index is 2.04. The molecule has 2 atom stereocenters. The van der Waals surface area contributed by atoms with Crippen LogP contribution in [0.4, 0.5) is 18.9 Å². The molecular weight excluding hydrogens is 297 g/mol. The maximum absolute atomic E-state index is 12.5. The van der Waals surface area contributed by atoms with Crippen LogP contribution in [-0.2, 0) is 11.2 Å². The quantitative estimate of drug-likeness (QED) is 0.921. The topological polar surface area (TPSA) is 43.8 Å². The highest BCUT2D eigenvalue weighted by Gasteiger charge is 2.40. The molecule has 0 spiro atoms. The van der Waals surface area contributed by atoms with Crippen LogP contribution in [0.1, 0.15) is 12.5 Å². The predicted octanol–water partition coefficient (Wildman–Crippen LogP) is 1.82. The van der Waals surface area contributed by atoms with Crippen LogP contribution >= 0.6 is 0 Å². The van der Waals surface area contributed by atoms with Crippen molar-refractivity contribution in [1.82, 2.24) is 4.90 Å². The number of likely N-dealkylation sites (N-methyl/N-ethyl adjacent to an activating group) is 1. The van der Waals surface area contributed by atoms with Gasteiger partial charge in [0.25, 0.3) is 0 Å². The second-order valence-electron chi connectivity index (χ2n) is 5.54. The molecule has 22 heavy (non-hydrogen) atoms. The van der Waals surface area contributed by atoms with Crippen molar-refractivity contribution in [3.8, 4) is 0 Å². The number of anilines is 1. The third kappa shape index (κ3) is 3.41. The summed E-state index contributed by atoms with van der Waals surface area (Å²) >= 11 is 0. The zero-order chi connectivity index (χ0) is 16.5. The van der Waals surface area contributed by atoms with Gasteiger partial charge in [0.15, 0.2) is 6.10 Å². The zero-order valence-corrected chi connectivity index (χ0v) is 12.5. The van der Waals surface area contributed by atoms with Gasteiger partial charge in [-0.1, -0.05) is 18.2 Å². The van der Waals surface area contributed by atoms with Crippen molar-refractivity contribution in [2.24, 2.45) is 0 Å². The number of hydrogen-bond acceptors (Lipinski definition) is 3. The molecular formula is C15H19F3N2O2. The van der Waals surface area contributed by atoms with Gasteiger partial charge in [-0.3, -0.25) is 9.69 Å². The smallest absolute Gasteiger partial charge is 0.382 e. The van der Waals surface area contributed by atoms with Gasteiger partial charge >= 0.3 is 6.18 Å². The van der Waals surface area contributed by atoms with Crippen LogP contribution in [-0.4, -0.2) is 54.4 Å². The second-order valence-corrected chi connectivity index (χ2v) is 5.54. The molecule has 0 fully saturated rings. The van der Waals surface area contributed by atoms with Gasteiger partial charge in [0.05, 0.1) is 6.04 Å². The van der Waals surface area contributed by atoms with Crippen molar-refractivity contribution < 1.29 is 23.1 Å². The number of benzene rings is 1.